The van der Waals surface area contributed by atoms with E-state index in [1.54, 1.807) is 25.7 Å². The predicted molar refractivity (Wildman–Crippen MR) is 67.7 cm³/mol. The van der Waals surface area contributed by atoms with E-state index in [-0.39, 0.29) is 18.4 Å². The minimum absolute atomic E-state index is 0.0183. The molecule has 5 nitrogen and oxygen atoms in total. The van der Waals surface area contributed by atoms with E-state index in [1.807, 2.05) is 0 Å². The number of amides is 1. The monoisotopic (exact) mass is 275 g/mol. The van der Waals surface area contributed by atoms with E-state index in [0.29, 0.717) is 25.9 Å². The molecule has 0 saturated carbocycles. The van der Waals surface area contributed by atoms with Gasteiger partial charge >= 0.3 is 12.1 Å². The van der Waals surface area contributed by atoms with Gasteiger partial charge in [-0.05, 0) is 46.0 Å². The van der Waals surface area contributed by atoms with E-state index in [2.05, 4.69) is 0 Å². The fourth-order valence-corrected chi connectivity index (χ4v) is 2.07. The fourth-order valence-electron chi connectivity index (χ4n) is 2.07. The standard InChI is InChI=1S/C13H22FNO4/c1-13(2,3)19-12(18)15-6-4-9(5-7-15)8-10(14)11(16)17/h9-10H,4-8H2,1-3H3,(H,16,17)/t10-/m1/s1. The molecule has 0 spiro atoms. The lowest BCUT2D eigenvalue weighted by molar-refractivity contribution is -0.143. The maximum absolute atomic E-state index is 13.1. The van der Waals surface area contributed by atoms with Crippen LogP contribution >= 0.6 is 0 Å². The summed E-state index contributed by atoms with van der Waals surface area (Å²) in [6, 6.07) is 0. The molecule has 1 heterocycles. The summed E-state index contributed by atoms with van der Waals surface area (Å²) >= 11 is 0. The highest BCUT2D eigenvalue weighted by Crippen LogP contribution is 2.24. The number of rotatable bonds is 3. The molecule has 1 aliphatic heterocycles. The number of ether oxygens (including phenoxy) is 1. The number of halogens is 1. The number of likely N-dealkylation sites (tertiary alicyclic amines) is 1. The third-order valence-corrected chi connectivity index (χ3v) is 3.07. The molecule has 1 amide bonds. The van der Waals surface area contributed by atoms with Gasteiger partial charge in [-0.2, -0.15) is 0 Å². The molecule has 1 atom stereocenters. The molecular formula is C13H22FNO4. The number of aliphatic carboxylic acids is 1. The highest BCUT2D eigenvalue weighted by molar-refractivity contribution is 5.72. The van der Waals surface area contributed by atoms with Gasteiger partial charge in [-0.3, -0.25) is 0 Å². The zero-order valence-corrected chi connectivity index (χ0v) is 11.7. The van der Waals surface area contributed by atoms with Crippen molar-refractivity contribution in [3.8, 4) is 0 Å². The second-order valence-corrected chi connectivity index (χ2v) is 5.95. The Labute approximate surface area is 112 Å². The van der Waals surface area contributed by atoms with Crippen LogP contribution in [0.3, 0.4) is 0 Å². The van der Waals surface area contributed by atoms with Crippen LogP contribution in [0.5, 0.6) is 0 Å². The van der Waals surface area contributed by atoms with Crippen LogP contribution in [0.15, 0.2) is 0 Å². The Morgan fingerprint density at radius 2 is 1.89 bits per heavy atom. The zero-order valence-electron chi connectivity index (χ0n) is 11.7. The van der Waals surface area contributed by atoms with Crippen molar-refractivity contribution >= 4 is 12.1 Å². The first kappa shape index (κ1) is 15.7. The van der Waals surface area contributed by atoms with Crippen molar-refractivity contribution in [3.63, 3.8) is 0 Å². The first-order valence-corrected chi connectivity index (χ1v) is 6.54. The van der Waals surface area contributed by atoms with Crippen LogP contribution in [-0.4, -0.2) is 46.9 Å². The molecule has 0 aliphatic carbocycles. The molecular weight excluding hydrogens is 253 g/mol. The first-order valence-electron chi connectivity index (χ1n) is 6.54. The van der Waals surface area contributed by atoms with Gasteiger partial charge in [0.25, 0.3) is 0 Å². The summed E-state index contributed by atoms with van der Waals surface area (Å²) in [6.07, 6.45) is -0.906. The van der Waals surface area contributed by atoms with Gasteiger partial charge in [0, 0.05) is 13.1 Å². The number of carboxylic acids is 1. The van der Waals surface area contributed by atoms with Crippen molar-refractivity contribution in [3.05, 3.63) is 0 Å². The maximum Gasteiger partial charge on any atom is 0.410 e. The van der Waals surface area contributed by atoms with Gasteiger partial charge in [0.15, 0.2) is 6.17 Å². The minimum atomic E-state index is -1.81. The fraction of sp³-hybridized carbons (Fsp3) is 0.846. The van der Waals surface area contributed by atoms with Crippen molar-refractivity contribution in [1.82, 2.24) is 4.90 Å². The molecule has 19 heavy (non-hydrogen) atoms. The van der Waals surface area contributed by atoms with E-state index in [9.17, 15) is 14.0 Å². The Balaban J connectivity index is 2.36. The predicted octanol–water partition coefficient (Wildman–Crippen LogP) is 2.45. The van der Waals surface area contributed by atoms with Gasteiger partial charge in [-0.1, -0.05) is 0 Å². The molecule has 6 heteroatoms. The average Bonchev–Trinajstić information content (AvgIpc) is 2.27. The molecule has 110 valence electrons. The van der Waals surface area contributed by atoms with E-state index in [0.717, 1.165) is 0 Å². The maximum atomic E-state index is 13.1. The third kappa shape index (κ3) is 5.44. The Morgan fingerprint density at radius 1 is 1.37 bits per heavy atom. The zero-order chi connectivity index (χ0) is 14.6. The van der Waals surface area contributed by atoms with E-state index in [1.165, 1.54) is 0 Å². The van der Waals surface area contributed by atoms with Crippen molar-refractivity contribution in [1.29, 1.82) is 0 Å². The van der Waals surface area contributed by atoms with Crippen LogP contribution in [-0.2, 0) is 9.53 Å². The van der Waals surface area contributed by atoms with Crippen LogP contribution in [0.2, 0.25) is 0 Å². The van der Waals surface area contributed by atoms with E-state index in [4.69, 9.17) is 9.84 Å². The first-order chi connectivity index (χ1) is 8.69. The molecule has 0 aromatic carbocycles. The SMILES string of the molecule is CC(C)(C)OC(=O)N1CCC(C[C@@H](F)C(=O)O)CC1. The van der Waals surface area contributed by atoms with E-state index < -0.39 is 17.7 Å². The largest absolute Gasteiger partial charge is 0.479 e. The van der Waals surface area contributed by atoms with Gasteiger partial charge in [-0.15, -0.1) is 0 Å². The Hall–Kier alpha value is -1.33. The van der Waals surface area contributed by atoms with Crippen molar-refractivity contribution in [2.24, 2.45) is 5.92 Å². The lowest BCUT2D eigenvalue weighted by Crippen LogP contribution is -2.42. The number of carbonyl (C=O) groups is 2. The van der Waals surface area contributed by atoms with Gasteiger partial charge < -0.3 is 14.7 Å². The number of alkyl halides is 1. The summed E-state index contributed by atoms with van der Waals surface area (Å²) in [4.78, 5) is 23.8. The summed E-state index contributed by atoms with van der Waals surface area (Å²) < 4.78 is 18.3. The molecule has 1 N–H and O–H groups in total. The highest BCUT2D eigenvalue weighted by Gasteiger charge is 2.29. The quantitative estimate of drug-likeness (QED) is 0.859. The smallest absolute Gasteiger partial charge is 0.410 e. The Morgan fingerprint density at radius 3 is 2.32 bits per heavy atom. The Bertz CT molecular complexity index is 332. The number of nitrogens with zero attached hydrogens (tertiary/aromatic N) is 1. The van der Waals surface area contributed by atoms with Crippen molar-refractivity contribution < 1.29 is 23.8 Å². The van der Waals surface area contributed by atoms with Gasteiger partial charge in [-0.25, -0.2) is 14.0 Å². The minimum Gasteiger partial charge on any atom is -0.479 e. The van der Waals surface area contributed by atoms with E-state index >= 15 is 0 Å². The highest BCUT2D eigenvalue weighted by atomic mass is 19.1. The lowest BCUT2D eigenvalue weighted by Gasteiger charge is -2.33. The summed E-state index contributed by atoms with van der Waals surface area (Å²) in [5, 5.41) is 8.52. The second kappa shape index (κ2) is 6.21. The summed E-state index contributed by atoms with van der Waals surface area (Å²) in [6.45, 7) is 6.40. The summed E-state index contributed by atoms with van der Waals surface area (Å²) in [7, 11) is 0. The number of carboxylic acid groups (broad SMARTS) is 1. The van der Waals surface area contributed by atoms with Crippen molar-refractivity contribution in [2.75, 3.05) is 13.1 Å². The van der Waals surface area contributed by atoms with Crippen LogP contribution in [0.4, 0.5) is 9.18 Å². The molecule has 0 bridgehead atoms. The molecule has 1 aliphatic rings. The molecule has 0 aromatic heterocycles. The average molecular weight is 275 g/mol. The molecule has 0 unspecified atom stereocenters. The topological polar surface area (TPSA) is 66.8 Å². The molecule has 1 rings (SSSR count). The number of carbonyl (C=O) groups excluding carboxylic acids is 1. The Kier molecular flexibility index (Phi) is 5.14. The van der Waals surface area contributed by atoms with Gasteiger partial charge in [0.2, 0.25) is 0 Å². The third-order valence-electron chi connectivity index (χ3n) is 3.07. The number of hydrogen-bond acceptors (Lipinski definition) is 3. The van der Waals surface area contributed by atoms with Crippen LogP contribution < -0.4 is 0 Å². The number of hydrogen-bond donors (Lipinski definition) is 1. The summed E-state index contributed by atoms with van der Waals surface area (Å²) in [5.74, 6) is -1.39. The molecule has 1 fully saturated rings. The summed E-state index contributed by atoms with van der Waals surface area (Å²) in [5.41, 5.74) is -0.527. The van der Waals surface area contributed by atoms with Gasteiger partial charge in [0.05, 0.1) is 0 Å². The molecule has 1 saturated heterocycles. The van der Waals surface area contributed by atoms with Gasteiger partial charge in [0.1, 0.15) is 5.60 Å². The van der Waals surface area contributed by atoms with Crippen LogP contribution in [0.1, 0.15) is 40.0 Å². The molecule has 0 radical (unpaired) electrons. The van der Waals surface area contributed by atoms with Crippen molar-refractivity contribution in [2.45, 2.75) is 51.8 Å². The molecule has 0 aromatic rings. The second-order valence-electron chi connectivity index (χ2n) is 5.95. The van der Waals surface area contributed by atoms with Crippen LogP contribution in [0.25, 0.3) is 0 Å². The van der Waals surface area contributed by atoms with Crippen LogP contribution in [0, 0.1) is 5.92 Å². The number of piperidine rings is 1. The lowest BCUT2D eigenvalue weighted by atomic mass is 9.92. The normalized spacial score (nSPS) is 19.1.